The van der Waals surface area contributed by atoms with Gasteiger partial charge in [-0.25, -0.2) is 0 Å². The van der Waals surface area contributed by atoms with E-state index in [9.17, 15) is 9.59 Å². The summed E-state index contributed by atoms with van der Waals surface area (Å²) in [5, 5.41) is 0. The van der Waals surface area contributed by atoms with Crippen molar-refractivity contribution in [1.29, 1.82) is 0 Å². The summed E-state index contributed by atoms with van der Waals surface area (Å²) < 4.78 is 0. The molecule has 118 valence electrons. The van der Waals surface area contributed by atoms with Crippen molar-refractivity contribution in [3.05, 3.63) is 34.9 Å². The van der Waals surface area contributed by atoms with Crippen LogP contribution in [0.1, 0.15) is 81.3 Å². The Labute approximate surface area is 133 Å². The molecule has 1 saturated carbocycles. The van der Waals surface area contributed by atoms with Crippen LogP contribution in [-0.4, -0.2) is 11.6 Å². The van der Waals surface area contributed by atoms with Crippen molar-refractivity contribution in [2.75, 3.05) is 0 Å². The highest BCUT2D eigenvalue weighted by Crippen LogP contribution is 2.55. The molecule has 1 aromatic carbocycles. The molecule has 2 heteroatoms. The fourth-order valence-electron chi connectivity index (χ4n) is 4.61. The maximum absolute atomic E-state index is 12.7. The Balaban J connectivity index is 2.16. The summed E-state index contributed by atoms with van der Waals surface area (Å²) in [6.45, 7) is 10.6. The standard InChI is InChI=1S/C20H26O2/c1-12(2)13-6-7-15-14(10-13)16(21)11-17-19(3,4)18(22)8-9-20(15,17)5/h6-7,10,12,17H,8-9,11H2,1-5H3. The van der Waals surface area contributed by atoms with Crippen molar-refractivity contribution in [3.8, 4) is 0 Å². The lowest BCUT2D eigenvalue weighted by atomic mass is 9.49. The molecule has 0 N–H and O–H groups in total. The predicted molar refractivity (Wildman–Crippen MR) is 88.3 cm³/mol. The molecule has 3 rings (SSSR count). The van der Waals surface area contributed by atoms with Crippen LogP contribution in [0.5, 0.6) is 0 Å². The van der Waals surface area contributed by atoms with E-state index in [2.05, 4.69) is 39.0 Å². The highest BCUT2D eigenvalue weighted by molar-refractivity contribution is 6.01. The molecule has 0 radical (unpaired) electrons. The van der Waals surface area contributed by atoms with Crippen LogP contribution >= 0.6 is 0 Å². The fourth-order valence-corrected chi connectivity index (χ4v) is 4.61. The van der Waals surface area contributed by atoms with E-state index in [0.29, 0.717) is 24.5 Å². The Morgan fingerprint density at radius 2 is 1.82 bits per heavy atom. The molecule has 0 bridgehead atoms. The molecule has 2 aliphatic rings. The van der Waals surface area contributed by atoms with Gasteiger partial charge < -0.3 is 0 Å². The first-order valence-electron chi connectivity index (χ1n) is 8.39. The Morgan fingerprint density at radius 3 is 2.45 bits per heavy atom. The lowest BCUT2D eigenvalue weighted by Crippen LogP contribution is -2.53. The molecule has 0 amide bonds. The molecular formula is C20H26O2. The minimum Gasteiger partial charge on any atom is -0.299 e. The van der Waals surface area contributed by atoms with Gasteiger partial charge in [0.05, 0.1) is 0 Å². The monoisotopic (exact) mass is 298 g/mol. The quantitative estimate of drug-likeness (QED) is 0.755. The number of hydrogen-bond acceptors (Lipinski definition) is 2. The lowest BCUT2D eigenvalue weighted by molar-refractivity contribution is -0.136. The highest BCUT2D eigenvalue weighted by Gasteiger charge is 2.55. The van der Waals surface area contributed by atoms with Crippen LogP contribution in [0.2, 0.25) is 0 Å². The highest BCUT2D eigenvalue weighted by atomic mass is 16.1. The lowest BCUT2D eigenvalue weighted by Gasteiger charge is -2.52. The van der Waals surface area contributed by atoms with Crippen LogP contribution in [0.4, 0.5) is 0 Å². The van der Waals surface area contributed by atoms with E-state index in [1.807, 2.05) is 13.8 Å². The predicted octanol–water partition coefficient (Wildman–Crippen LogP) is 4.66. The van der Waals surface area contributed by atoms with Crippen molar-refractivity contribution in [3.63, 3.8) is 0 Å². The minimum absolute atomic E-state index is 0.0594. The zero-order chi connectivity index (χ0) is 16.3. The summed E-state index contributed by atoms with van der Waals surface area (Å²) in [7, 11) is 0. The molecule has 0 aromatic heterocycles. The van der Waals surface area contributed by atoms with Crippen LogP contribution < -0.4 is 0 Å². The van der Waals surface area contributed by atoms with Crippen LogP contribution in [-0.2, 0) is 10.2 Å². The first kappa shape index (κ1) is 15.5. The number of carbonyl (C=O) groups is 2. The minimum atomic E-state index is -0.406. The van der Waals surface area contributed by atoms with Crippen molar-refractivity contribution < 1.29 is 9.59 Å². The summed E-state index contributed by atoms with van der Waals surface area (Å²) >= 11 is 0. The molecule has 2 nitrogen and oxygen atoms in total. The second-order valence-corrected chi connectivity index (χ2v) is 8.20. The molecule has 0 heterocycles. The number of fused-ring (bicyclic) bond motifs is 3. The molecule has 2 aliphatic carbocycles. The van der Waals surface area contributed by atoms with Crippen molar-refractivity contribution in [1.82, 2.24) is 0 Å². The first-order chi connectivity index (χ1) is 10.2. The summed E-state index contributed by atoms with van der Waals surface area (Å²) in [4.78, 5) is 25.1. The van der Waals surface area contributed by atoms with Gasteiger partial charge in [0.15, 0.2) is 5.78 Å². The van der Waals surface area contributed by atoms with Gasteiger partial charge in [-0.3, -0.25) is 9.59 Å². The van der Waals surface area contributed by atoms with Gasteiger partial charge in [-0.15, -0.1) is 0 Å². The number of carbonyl (C=O) groups excluding carboxylic acids is 2. The number of benzene rings is 1. The number of hydrogen-bond donors (Lipinski definition) is 0. The van der Waals surface area contributed by atoms with E-state index in [-0.39, 0.29) is 17.1 Å². The number of Topliss-reactive ketones (excluding diaryl/α,β-unsaturated/α-hetero) is 2. The van der Waals surface area contributed by atoms with Gasteiger partial charge in [0, 0.05) is 23.8 Å². The van der Waals surface area contributed by atoms with Crippen LogP contribution in [0.25, 0.3) is 0 Å². The molecule has 2 atom stereocenters. The molecule has 0 aliphatic heterocycles. The maximum Gasteiger partial charge on any atom is 0.163 e. The fraction of sp³-hybridized carbons (Fsp3) is 0.600. The SMILES string of the molecule is CC(C)c1ccc2c(c1)C(=O)CC1C(C)(C)C(=O)CCC21C. The van der Waals surface area contributed by atoms with Gasteiger partial charge in [-0.2, -0.15) is 0 Å². The summed E-state index contributed by atoms with van der Waals surface area (Å²) in [6.07, 6.45) is 1.99. The zero-order valence-electron chi connectivity index (χ0n) is 14.3. The summed E-state index contributed by atoms with van der Waals surface area (Å²) in [6, 6.07) is 6.40. The second-order valence-electron chi connectivity index (χ2n) is 8.20. The molecule has 0 spiro atoms. The van der Waals surface area contributed by atoms with Gasteiger partial charge in [0.2, 0.25) is 0 Å². The third kappa shape index (κ3) is 2.00. The molecule has 1 aromatic rings. The first-order valence-corrected chi connectivity index (χ1v) is 8.39. The average molecular weight is 298 g/mol. The van der Waals surface area contributed by atoms with E-state index >= 15 is 0 Å². The van der Waals surface area contributed by atoms with Crippen molar-refractivity contribution in [2.24, 2.45) is 11.3 Å². The topological polar surface area (TPSA) is 34.1 Å². The number of rotatable bonds is 1. The maximum atomic E-state index is 12.7. The van der Waals surface area contributed by atoms with E-state index in [0.717, 1.165) is 12.0 Å². The van der Waals surface area contributed by atoms with E-state index in [1.54, 1.807) is 0 Å². The van der Waals surface area contributed by atoms with E-state index in [4.69, 9.17) is 0 Å². The third-order valence-corrected chi connectivity index (χ3v) is 6.25. The molecule has 0 saturated heterocycles. The molecular weight excluding hydrogens is 272 g/mol. The van der Waals surface area contributed by atoms with Crippen molar-refractivity contribution >= 4 is 11.6 Å². The summed E-state index contributed by atoms with van der Waals surface area (Å²) in [5.74, 6) is 1.06. The zero-order valence-corrected chi connectivity index (χ0v) is 14.3. The van der Waals surface area contributed by atoms with Crippen molar-refractivity contribution in [2.45, 2.75) is 65.2 Å². The Bertz CT molecular complexity index is 654. The van der Waals surface area contributed by atoms with Crippen LogP contribution in [0.3, 0.4) is 0 Å². The Hall–Kier alpha value is -1.44. The van der Waals surface area contributed by atoms with E-state index in [1.165, 1.54) is 11.1 Å². The third-order valence-electron chi connectivity index (χ3n) is 6.25. The van der Waals surface area contributed by atoms with Gasteiger partial charge in [0.25, 0.3) is 0 Å². The van der Waals surface area contributed by atoms with E-state index < -0.39 is 5.41 Å². The van der Waals surface area contributed by atoms with Gasteiger partial charge >= 0.3 is 0 Å². The number of ketones is 2. The molecule has 22 heavy (non-hydrogen) atoms. The second kappa shape index (κ2) is 4.78. The van der Waals surface area contributed by atoms with Gasteiger partial charge in [-0.05, 0) is 40.9 Å². The van der Waals surface area contributed by atoms with Gasteiger partial charge in [-0.1, -0.05) is 46.8 Å². The molecule has 1 fully saturated rings. The smallest absolute Gasteiger partial charge is 0.163 e. The Kier molecular flexibility index (Phi) is 3.36. The Morgan fingerprint density at radius 1 is 1.14 bits per heavy atom. The molecule has 2 unspecified atom stereocenters. The van der Waals surface area contributed by atoms with Crippen LogP contribution in [0.15, 0.2) is 18.2 Å². The summed E-state index contributed by atoms with van der Waals surface area (Å²) in [5.41, 5.74) is 2.82. The largest absolute Gasteiger partial charge is 0.299 e. The van der Waals surface area contributed by atoms with Crippen LogP contribution in [0, 0.1) is 11.3 Å². The normalized spacial score (nSPS) is 30.2. The van der Waals surface area contributed by atoms with Gasteiger partial charge in [0.1, 0.15) is 5.78 Å². The average Bonchev–Trinajstić information content (AvgIpc) is 2.46.